The standard InChI is InChI=1S/C19H25N3OS/c1-14-7-8-17(12-15(14)2)22-11-9-20-19(22)24-13-18(23)21-10-5-4-6-16(21)3/h7-9,11-12,16H,4-6,10,13H2,1-3H3/t16-/m0/s1. The van der Waals surface area contributed by atoms with E-state index in [9.17, 15) is 4.79 Å². The normalized spacial score (nSPS) is 18.0. The number of hydrogen-bond acceptors (Lipinski definition) is 3. The number of hydrogen-bond donors (Lipinski definition) is 0. The lowest BCUT2D eigenvalue weighted by atomic mass is 10.0. The van der Waals surface area contributed by atoms with Gasteiger partial charge in [-0.1, -0.05) is 17.8 Å². The molecule has 1 amide bonds. The van der Waals surface area contributed by atoms with Gasteiger partial charge in [-0.15, -0.1) is 0 Å². The van der Waals surface area contributed by atoms with Crippen LogP contribution in [0.5, 0.6) is 0 Å². The number of amides is 1. The minimum Gasteiger partial charge on any atom is -0.339 e. The Balaban J connectivity index is 1.69. The summed E-state index contributed by atoms with van der Waals surface area (Å²) in [5.41, 5.74) is 3.63. The Morgan fingerprint density at radius 1 is 1.29 bits per heavy atom. The van der Waals surface area contributed by atoms with Crippen molar-refractivity contribution in [1.29, 1.82) is 0 Å². The quantitative estimate of drug-likeness (QED) is 0.788. The summed E-state index contributed by atoms with van der Waals surface area (Å²) in [4.78, 5) is 19.0. The Hall–Kier alpha value is -1.75. The fraction of sp³-hybridized carbons (Fsp3) is 0.474. The van der Waals surface area contributed by atoms with Crippen molar-refractivity contribution in [1.82, 2.24) is 14.5 Å². The van der Waals surface area contributed by atoms with E-state index in [0.717, 1.165) is 30.2 Å². The Kier molecular flexibility index (Phi) is 5.29. The number of benzene rings is 1. The van der Waals surface area contributed by atoms with Crippen LogP contribution in [0.4, 0.5) is 0 Å². The van der Waals surface area contributed by atoms with Crippen LogP contribution in [0.25, 0.3) is 5.69 Å². The topological polar surface area (TPSA) is 38.1 Å². The molecule has 0 radical (unpaired) electrons. The number of thioether (sulfide) groups is 1. The van der Waals surface area contributed by atoms with Crippen molar-refractivity contribution < 1.29 is 4.79 Å². The van der Waals surface area contributed by atoms with Gasteiger partial charge in [-0.25, -0.2) is 4.98 Å². The molecule has 2 aromatic rings. The molecule has 0 unspecified atom stereocenters. The number of nitrogens with zero attached hydrogens (tertiary/aromatic N) is 3. The Bertz CT molecular complexity index is 725. The van der Waals surface area contributed by atoms with E-state index in [-0.39, 0.29) is 5.91 Å². The highest BCUT2D eigenvalue weighted by molar-refractivity contribution is 7.99. The van der Waals surface area contributed by atoms with E-state index in [2.05, 4.69) is 48.5 Å². The molecule has 1 aromatic carbocycles. The van der Waals surface area contributed by atoms with Crippen LogP contribution in [-0.4, -0.2) is 38.7 Å². The summed E-state index contributed by atoms with van der Waals surface area (Å²) in [6.07, 6.45) is 7.23. The van der Waals surface area contributed by atoms with Crippen LogP contribution in [0.1, 0.15) is 37.3 Å². The minimum absolute atomic E-state index is 0.224. The van der Waals surface area contributed by atoms with Gasteiger partial charge in [0.1, 0.15) is 0 Å². The number of aryl methyl sites for hydroxylation is 2. The van der Waals surface area contributed by atoms with E-state index in [1.807, 2.05) is 11.1 Å². The Labute approximate surface area is 148 Å². The van der Waals surface area contributed by atoms with Crippen LogP contribution in [0, 0.1) is 13.8 Å². The largest absolute Gasteiger partial charge is 0.339 e. The average Bonchev–Trinajstić information content (AvgIpc) is 3.04. The van der Waals surface area contributed by atoms with Crippen LogP contribution in [0.2, 0.25) is 0 Å². The summed E-state index contributed by atoms with van der Waals surface area (Å²) in [5, 5.41) is 0.872. The fourth-order valence-electron chi connectivity index (χ4n) is 3.15. The number of likely N-dealkylation sites (tertiary alicyclic amines) is 1. The van der Waals surface area contributed by atoms with Crippen molar-refractivity contribution in [3.63, 3.8) is 0 Å². The second-order valence-corrected chi connectivity index (χ2v) is 7.51. The summed E-state index contributed by atoms with van der Waals surface area (Å²) in [7, 11) is 0. The van der Waals surface area contributed by atoms with E-state index in [1.165, 1.54) is 29.3 Å². The maximum Gasteiger partial charge on any atom is 0.233 e. The third-order valence-corrected chi connectivity index (χ3v) is 5.78. The van der Waals surface area contributed by atoms with Gasteiger partial charge in [-0.3, -0.25) is 9.36 Å². The number of piperidine rings is 1. The van der Waals surface area contributed by atoms with Crippen molar-refractivity contribution in [3.05, 3.63) is 41.7 Å². The zero-order valence-corrected chi connectivity index (χ0v) is 15.5. The minimum atomic E-state index is 0.224. The van der Waals surface area contributed by atoms with Crippen LogP contribution >= 0.6 is 11.8 Å². The maximum absolute atomic E-state index is 12.5. The second-order valence-electron chi connectivity index (χ2n) is 6.57. The lowest BCUT2D eigenvalue weighted by Gasteiger charge is -2.33. The molecule has 4 nitrogen and oxygen atoms in total. The van der Waals surface area contributed by atoms with Gasteiger partial charge in [0.2, 0.25) is 5.91 Å². The van der Waals surface area contributed by atoms with E-state index in [0.29, 0.717) is 11.8 Å². The van der Waals surface area contributed by atoms with E-state index >= 15 is 0 Å². The lowest BCUT2D eigenvalue weighted by molar-refractivity contribution is -0.131. The number of imidazole rings is 1. The number of aromatic nitrogens is 2. The summed E-state index contributed by atoms with van der Waals surface area (Å²) in [6, 6.07) is 6.75. The summed E-state index contributed by atoms with van der Waals surface area (Å²) < 4.78 is 2.06. The predicted molar refractivity (Wildman–Crippen MR) is 98.8 cm³/mol. The monoisotopic (exact) mass is 343 g/mol. The third-order valence-electron chi connectivity index (χ3n) is 4.82. The summed E-state index contributed by atoms with van der Waals surface area (Å²) >= 11 is 1.52. The Morgan fingerprint density at radius 2 is 2.12 bits per heavy atom. The van der Waals surface area contributed by atoms with Gasteiger partial charge in [0, 0.05) is 30.7 Å². The van der Waals surface area contributed by atoms with Gasteiger partial charge in [0.25, 0.3) is 0 Å². The molecule has 1 aliphatic heterocycles. The van der Waals surface area contributed by atoms with Crippen molar-refractivity contribution in [2.45, 2.75) is 51.2 Å². The van der Waals surface area contributed by atoms with Gasteiger partial charge in [-0.05, 0) is 63.3 Å². The number of carbonyl (C=O) groups is 1. The molecule has 5 heteroatoms. The number of rotatable bonds is 4. The smallest absolute Gasteiger partial charge is 0.233 e. The SMILES string of the molecule is Cc1ccc(-n2ccnc2SCC(=O)N2CCCC[C@@H]2C)cc1C. The predicted octanol–water partition coefficient (Wildman–Crippen LogP) is 3.98. The van der Waals surface area contributed by atoms with Crippen molar-refractivity contribution in [2.75, 3.05) is 12.3 Å². The van der Waals surface area contributed by atoms with Crippen molar-refractivity contribution in [2.24, 2.45) is 0 Å². The van der Waals surface area contributed by atoms with Crippen molar-refractivity contribution >= 4 is 17.7 Å². The van der Waals surface area contributed by atoms with Gasteiger partial charge in [0.05, 0.1) is 5.75 Å². The maximum atomic E-state index is 12.5. The molecule has 1 aromatic heterocycles. The average molecular weight is 343 g/mol. The van der Waals surface area contributed by atoms with Gasteiger partial charge >= 0.3 is 0 Å². The molecule has 24 heavy (non-hydrogen) atoms. The molecule has 0 saturated carbocycles. The molecule has 1 aliphatic rings. The zero-order chi connectivity index (χ0) is 17.1. The van der Waals surface area contributed by atoms with Crippen molar-refractivity contribution in [3.8, 4) is 5.69 Å². The first-order valence-electron chi connectivity index (χ1n) is 8.59. The first-order valence-corrected chi connectivity index (χ1v) is 9.58. The van der Waals surface area contributed by atoms with E-state index in [1.54, 1.807) is 6.20 Å². The molecule has 1 atom stereocenters. The molecule has 0 aliphatic carbocycles. The van der Waals surface area contributed by atoms with Gasteiger partial charge in [-0.2, -0.15) is 0 Å². The highest BCUT2D eigenvalue weighted by Crippen LogP contribution is 2.24. The van der Waals surface area contributed by atoms with Crippen LogP contribution < -0.4 is 0 Å². The van der Waals surface area contributed by atoms with Crippen LogP contribution in [0.15, 0.2) is 35.7 Å². The highest BCUT2D eigenvalue weighted by Gasteiger charge is 2.23. The molecule has 3 rings (SSSR count). The molecule has 2 heterocycles. The first kappa shape index (κ1) is 17.1. The molecular weight excluding hydrogens is 318 g/mol. The molecule has 0 spiro atoms. The lowest BCUT2D eigenvalue weighted by Crippen LogP contribution is -2.42. The van der Waals surface area contributed by atoms with Gasteiger partial charge < -0.3 is 4.90 Å². The van der Waals surface area contributed by atoms with Crippen LogP contribution in [0.3, 0.4) is 0 Å². The number of carbonyl (C=O) groups excluding carboxylic acids is 1. The van der Waals surface area contributed by atoms with E-state index < -0.39 is 0 Å². The molecule has 0 bridgehead atoms. The Morgan fingerprint density at radius 3 is 2.88 bits per heavy atom. The fourth-order valence-corrected chi connectivity index (χ4v) is 4.01. The first-order chi connectivity index (χ1) is 11.6. The molecule has 1 saturated heterocycles. The second kappa shape index (κ2) is 7.43. The van der Waals surface area contributed by atoms with Crippen LogP contribution in [-0.2, 0) is 4.79 Å². The van der Waals surface area contributed by atoms with Gasteiger partial charge in [0.15, 0.2) is 5.16 Å². The molecule has 128 valence electrons. The molecule has 0 N–H and O–H groups in total. The third kappa shape index (κ3) is 3.66. The summed E-state index contributed by atoms with van der Waals surface area (Å²) in [5.74, 6) is 0.675. The van der Waals surface area contributed by atoms with E-state index in [4.69, 9.17) is 0 Å². The zero-order valence-electron chi connectivity index (χ0n) is 14.7. The summed E-state index contributed by atoms with van der Waals surface area (Å²) in [6.45, 7) is 7.27. The highest BCUT2D eigenvalue weighted by atomic mass is 32.2. The molecule has 1 fully saturated rings. The molecular formula is C19H25N3OS.